The summed E-state index contributed by atoms with van der Waals surface area (Å²) in [6.07, 6.45) is -0.386. The molecule has 1 aliphatic rings. The van der Waals surface area contributed by atoms with E-state index in [0.29, 0.717) is 25.2 Å². The van der Waals surface area contributed by atoms with Crippen LogP contribution in [-0.4, -0.2) is 45.0 Å². The van der Waals surface area contributed by atoms with Crippen LogP contribution in [0.4, 0.5) is 4.79 Å². The van der Waals surface area contributed by atoms with Crippen LogP contribution in [0.15, 0.2) is 0 Å². The van der Waals surface area contributed by atoms with Crippen molar-refractivity contribution in [2.75, 3.05) is 13.2 Å². The maximum atomic E-state index is 11.7. The van der Waals surface area contributed by atoms with Crippen molar-refractivity contribution in [2.45, 2.75) is 26.4 Å². The number of hydrogen-bond donors (Lipinski definition) is 1. The first kappa shape index (κ1) is 13.7. The van der Waals surface area contributed by atoms with E-state index in [1.807, 2.05) is 0 Å². The van der Waals surface area contributed by atoms with Crippen molar-refractivity contribution in [3.8, 4) is 0 Å². The van der Waals surface area contributed by atoms with Gasteiger partial charge in [-0.05, 0) is 13.3 Å². The van der Waals surface area contributed by atoms with E-state index in [4.69, 9.17) is 21.4 Å². The molecule has 1 aromatic rings. The lowest BCUT2D eigenvalue weighted by Gasteiger charge is -2.15. The molecule has 19 heavy (non-hydrogen) atoms. The van der Waals surface area contributed by atoms with E-state index < -0.39 is 12.1 Å². The second-order valence-electron chi connectivity index (χ2n) is 4.11. The summed E-state index contributed by atoms with van der Waals surface area (Å²) in [5, 5.41) is 13.3. The summed E-state index contributed by atoms with van der Waals surface area (Å²) in [4.78, 5) is 24.0. The van der Waals surface area contributed by atoms with Crippen LogP contribution < -0.4 is 0 Å². The Morgan fingerprint density at radius 3 is 2.84 bits per heavy atom. The summed E-state index contributed by atoms with van der Waals surface area (Å²) in [6, 6.07) is 0. The zero-order valence-corrected chi connectivity index (χ0v) is 11.2. The molecule has 0 bridgehead atoms. The van der Waals surface area contributed by atoms with Crippen LogP contribution in [0.2, 0.25) is 5.02 Å². The Morgan fingerprint density at radius 2 is 2.21 bits per heavy atom. The molecule has 7 nitrogen and oxygen atoms in total. The highest BCUT2D eigenvalue weighted by molar-refractivity contribution is 6.34. The smallest absolute Gasteiger partial charge is 0.407 e. The minimum atomic E-state index is -1.01. The molecule has 1 amide bonds. The van der Waals surface area contributed by atoms with Crippen molar-refractivity contribution in [2.24, 2.45) is 0 Å². The van der Waals surface area contributed by atoms with Crippen LogP contribution in [-0.2, 0) is 17.8 Å². The lowest BCUT2D eigenvalue weighted by Crippen LogP contribution is -2.29. The van der Waals surface area contributed by atoms with Gasteiger partial charge in [0, 0.05) is 13.1 Å². The third kappa shape index (κ3) is 2.65. The molecule has 0 fully saturated rings. The fraction of sp³-hybridized carbons (Fsp3) is 0.545. The van der Waals surface area contributed by atoms with Crippen LogP contribution >= 0.6 is 11.6 Å². The Morgan fingerprint density at radius 1 is 1.47 bits per heavy atom. The number of halogens is 1. The van der Waals surface area contributed by atoms with Gasteiger partial charge in [-0.3, -0.25) is 4.68 Å². The van der Waals surface area contributed by atoms with Crippen molar-refractivity contribution >= 4 is 23.7 Å². The van der Waals surface area contributed by atoms with E-state index in [9.17, 15) is 9.59 Å². The average molecular weight is 288 g/mol. The van der Waals surface area contributed by atoms with Gasteiger partial charge < -0.3 is 14.7 Å². The van der Waals surface area contributed by atoms with Gasteiger partial charge in [-0.2, -0.15) is 5.10 Å². The van der Waals surface area contributed by atoms with E-state index in [1.165, 1.54) is 4.90 Å². The normalized spacial score (nSPS) is 14.7. The van der Waals surface area contributed by atoms with Crippen LogP contribution in [0.25, 0.3) is 0 Å². The van der Waals surface area contributed by atoms with Gasteiger partial charge in [0.05, 0.1) is 23.9 Å². The predicted octanol–water partition coefficient (Wildman–Crippen LogP) is 1.60. The van der Waals surface area contributed by atoms with Crippen molar-refractivity contribution < 1.29 is 19.4 Å². The van der Waals surface area contributed by atoms with Crippen LogP contribution in [0, 0.1) is 0 Å². The van der Waals surface area contributed by atoms with Crippen LogP contribution in [0.5, 0.6) is 0 Å². The molecule has 1 N–H and O–H groups in total. The van der Waals surface area contributed by atoms with Gasteiger partial charge in [-0.25, -0.2) is 9.59 Å². The van der Waals surface area contributed by atoms with Gasteiger partial charge in [0.25, 0.3) is 0 Å². The van der Waals surface area contributed by atoms with Gasteiger partial charge in [-0.1, -0.05) is 11.6 Å². The number of aromatic nitrogens is 2. The molecule has 0 spiro atoms. The molecule has 104 valence electrons. The van der Waals surface area contributed by atoms with Gasteiger partial charge in [0.2, 0.25) is 0 Å². The second kappa shape index (κ2) is 5.48. The first-order valence-electron chi connectivity index (χ1n) is 5.94. The number of hydrogen-bond acceptors (Lipinski definition) is 4. The molecule has 8 heteroatoms. The minimum Gasteiger partial charge on any atom is -0.465 e. The van der Waals surface area contributed by atoms with Crippen molar-refractivity contribution in [3.63, 3.8) is 0 Å². The average Bonchev–Trinajstić information content (AvgIpc) is 2.56. The first-order chi connectivity index (χ1) is 9.04. The van der Waals surface area contributed by atoms with Crippen molar-refractivity contribution in [1.82, 2.24) is 14.7 Å². The van der Waals surface area contributed by atoms with E-state index in [1.54, 1.807) is 11.6 Å². The van der Waals surface area contributed by atoms with Crippen molar-refractivity contribution in [3.05, 3.63) is 16.4 Å². The maximum absolute atomic E-state index is 11.7. The van der Waals surface area contributed by atoms with E-state index in [2.05, 4.69) is 5.10 Å². The Kier molecular flexibility index (Phi) is 3.94. The second-order valence-corrected chi connectivity index (χ2v) is 4.49. The molecular formula is C11H14ClN3O4. The Balaban J connectivity index is 2.33. The molecule has 0 aromatic carbocycles. The molecule has 0 atom stereocenters. The Bertz CT molecular complexity index is 514. The lowest BCUT2D eigenvalue weighted by atomic mass is 10.3. The highest BCUT2D eigenvalue weighted by Crippen LogP contribution is 2.25. The summed E-state index contributed by atoms with van der Waals surface area (Å²) < 4.78 is 6.44. The first-order valence-corrected chi connectivity index (χ1v) is 6.32. The highest BCUT2D eigenvalue weighted by Gasteiger charge is 2.27. The number of carbonyl (C=O) groups excluding carboxylic acids is 1. The molecule has 0 aliphatic carbocycles. The molecule has 0 radical (unpaired) electrons. The number of esters is 1. The van der Waals surface area contributed by atoms with Crippen LogP contribution in [0.3, 0.4) is 0 Å². The number of fused-ring (bicyclic) bond motifs is 1. The summed E-state index contributed by atoms with van der Waals surface area (Å²) in [5.41, 5.74) is 0.579. The third-order valence-electron chi connectivity index (χ3n) is 2.87. The molecule has 0 unspecified atom stereocenters. The highest BCUT2D eigenvalue weighted by atomic mass is 35.5. The molecular weight excluding hydrogens is 274 g/mol. The molecule has 2 rings (SSSR count). The number of nitrogens with zero attached hydrogens (tertiary/aromatic N) is 3. The zero-order chi connectivity index (χ0) is 14.0. The predicted molar refractivity (Wildman–Crippen MR) is 66.2 cm³/mol. The number of rotatable bonds is 2. The monoisotopic (exact) mass is 287 g/mol. The Labute approximate surface area is 114 Å². The summed E-state index contributed by atoms with van der Waals surface area (Å²) in [5.74, 6) is -0.588. The zero-order valence-electron chi connectivity index (χ0n) is 10.4. The third-order valence-corrected chi connectivity index (χ3v) is 3.27. The molecule has 1 aromatic heterocycles. The Hall–Kier alpha value is -1.76. The fourth-order valence-corrected chi connectivity index (χ4v) is 2.25. The number of ether oxygens (including phenoxy) is 1. The number of carboxylic acid groups (broad SMARTS) is 1. The number of carbonyl (C=O) groups is 2. The molecule has 0 saturated heterocycles. The quantitative estimate of drug-likeness (QED) is 0.835. The standard InChI is InChI=1S/C11H14ClN3O4/c1-2-19-10(16)9-8(12)7-6-14(11(17)18)4-3-5-15(7)13-9/h2-6H2,1H3,(H,17,18). The van der Waals surface area contributed by atoms with Gasteiger partial charge >= 0.3 is 12.1 Å². The fourth-order valence-electron chi connectivity index (χ4n) is 1.98. The molecule has 0 saturated carbocycles. The SMILES string of the molecule is CCOC(=O)c1nn2c(c1Cl)CN(C(=O)O)CCC2. The van der Waals surface area contributed by atoms with E-state index >= 15 is 0 Å². The van der Waals surface area contributed by atoms with Gasteiger partial charge in [0.1, 0.15) is 0 Å². The van der Waals surface area contributed by atoms with Crippen LogP contribution in [0.1, 0.15) is 29.5 Å². The molecule has 1 aliphatic heterocycles. The van der Waals surface area contributed by atoms with E-state index in [0.717, 1.165) is 0 Å². The van der Waals surface area contributed by atoms with E-state index in [-0.39, 0.29) is 23.9 Å². The topological polar surface area (TPSA) is 84.7 Å². The lowest BCUT2D eigenvalue weighted by molar-refractivity contribution is 0.0518. The maximum Gasteiger partial charge on any atom is 0.407 e. The van der Waals surface area contributed by atoms with Gasteiger partial charge in [-0.15, -0.1) is 0 Å². The molecule has 2 heterocycles. The minimum absolute atomic E-state index is 0.0470. The summed E-state index contributed by atoms with van der Waals surface area (Å²) in [6.45, 7) is 3.00. The van der Waals surface area contributed by atoms with Crippen molar-refractivity contribution in [1.29, 1.82) is 0 Å². The summed E-state index contributed by atoms with van der Waals surface area (Å²) in [7, 11) is 0. The number of aryl methyl sites for hydroxylation is 1. The number of amides is 1. The summed E-state index contributed by atoms with van der Waals surface area (Å²) >= 11 is 6.11. The largest absolute Gasteiger partial charge is 0.465 e. The van der Waals surface area contributed by atoms with Gasteiger partial charge in [0.15, 0.2) is 5.69 Å².